The summed E-state index contributed by atoms with van der Waals surface area (Å²) in [5, 5.41) is 6.64. The van der Waals surface area contributed by atoms with Gasteiger partial charge in [0.1, 0.15) is 16.7 Å². The van der Waals surface area contributed by atoms with Crippen LogP contribution in [-0.2, 0) is 0 Å². The second-order valence-corrected chi connectivity index (χ2v) is 19.1. The van der Waals surface area contributed by atoms with Crippen molar-refractivity contribution in [3.8, 4) is 84.4 Å². The minimum atomic E-state index is 0.578. The molecule has 15 rings (SSSR count). The topological polar surface area (TPSA) is 69.9 Å². The van der Waals surface area contributed by atoms with Crippen LogP contribution in [-0.4, -0.2) is 19.5 Å². The molecular formula is C69H42N4O2. The monoisotopic (exact) mass is 958 g/mol. The SMILES string of the molecule is c1ccc(-c2ccc(-c3nc(-c4ccccc4)nc(-c4ccc5c(c4)oc4ccc(-c6cccc(-c7ccc8oc9c(-n%10c%11ccccc%11c%11cc(-c%12ccccc%12)ccc%11%10)cccc9c8c7)c6)cc45)n3)cc2)cc1. The average Bonchev–Trinajstić information content (AvgIpc) is 4.21. The molecule has 4 aromatic heterocycles. The summed E-state index contributed by atoms with van der Waals surface area (Å²) in [5.74, 6) is 1.80. The van der Waals surface area contributed by atoms with Gasteiger partial charge in [-0.15, -0.1) is 0 Å². The molecule has 11 aromatic carbocycles. The summed E-state index contributed by atoms with van der Waals surface area (Å²) in [5.41, 5.74) is 18.4. The van der Waals surface area contributed by atoms with Crippen molar-refractivity contribution in [1.82, 2.24) is 19.5 Å². The van der Waals surface area contributed by atoms with Gasteiger partial charge in [0.05, 0.1) is 16.7 Å². The lowest BCUT2D eigenvalue weighted by atomic mass is 9.97. The highest BCUT2D eigenvalue weighted by Gasteiger charge is 2.20. The Hall–Kier alpha value is -10.2. The summed E-state index contributed by atoms with van der Waals surface area (Å²) in [6.45, 7) is 0. The summed E-state index contributed by atoms with van der Waals surface area (Å²) in [7, 11) is 0. The first-order valence-corrected chi connectivity index (χ1v) is 25.2. The molecule has 6 nitrogen and oxygen atoms in total. The Morgan fingerprint density at radius 1 is 0.240 bits per heavy atom. The van der Waals surface area contributed by atoms with E-state index in [0.717, 1.165) is 111 Å². The molecule has 0 aliphatic heterocycles. The van der Waals surface area contributed by atoms with Crippen LogP contribution < -0.4 is 0 Å². The van der Waals surface area contributed by atoms with Gasteiger partial charge in [-0.3, -0.25) is 0 Å². The molecule has 0 aliphatic carbocycles. The van der Waals surface area contributed by atoms with Crippen LogP contribution >= 0.6 is 0 Å². The minimum Gasteiger partial charge on any atom is -0.456 e. The first-order valence-electron chi connectivity index (χ1n) is 25.2. The third-order valence-corrected chi connectivity index (χ3v) is 14.7. The molecule has 6 heteroatoms. The molecule has 0 atom stereocenters. The van der Waals surface area contributed by atoms with E-state index >= 15 is 0 Å². The largest absolute Gasteiger partial charge is 0.456 e. The Balaban J connectivity index is 0.764. The number of rotatable bonds is 8. The first kappa shape index (κ1) is 42.5. The van der Waals surface area contributed by atoms with E-state index in [1.165, 1.54) is 21.9 Å². The molecule has 350 valence electrons. The molecule has 0 saturated carbocycles. The van der Waals surface area contributed by atoms with Crippen molar-refractivity contribution in [3.05, 3.63) is 255 Å². The normalized spacial score (nSPS) is 11.7. The summed E-state index contributed by atoms with van der Waals surface area (Å²) in [6, 6.07) is 89.4. The van der Waals surface area contributed by atoms with Gasteiger partial charge in [-0.05, 0) is 111 Å². The van der Waals surface area contributed by atoms with Crippen LogP contribution in [0, 0.1) is 0 Å². The molecule has 0 amide bonds. The molecule has 0 saturated heterocycles. The molecule has 0 radical (unpaired) electrons. The highest BCUT2D eigenvalue weighted by atomic mass is 16.3. The van der Waals surface area contributed by atoms with Crippen LogP contribution in [0.5, 0.6) is 0 Å². The van der Waals surface area contributed by atoms with E-state index in [4.69, 9.17) is 23.8 Å². The summed E-state index contributed by atoms with van der Waals surface area (Å²) < 4.78 is 15.7. The summed E-state index contributed by atoms with van der Waals surface area (Å²) >= 11 is 0. The number of hydrogen-bond donors (Lipinski definition) is 0. The molecule has 15 aromatic rings. The van der Waals surface area contributed by atoms with Crippen molar-refractivity contribution in [1.29, 1.82) is 0 Å². The fourth-order valence-electron chi connectivity index (χ4n) is 10.9. The zero-order chi connectivity index (χ0) is 49.4. The van der Waals surface area contributed by atoms with Crippen LogP contribution in [0.2, 0.25) is 0 Å². The number of furan rings is 2. The van der Waals surface area contributed by atoms with E-state index in [0.29, 0.717) is 17.5 Å². The fraction of sp³-hybridized carbons (Fsp3) is 0. The van der Waals surface area contributed by atoms with Crippen LogP contribution in [0.4, 0.5) is 0 Å². The molecular weight excluding hydrogens is 917 g/mol. The number of para-hydroxylation sites is 2. The zero-order valence-electron chi connectivity index (χ0n) is 40.4. The Bertz CT molecular complexity index is 4690. The lowest BCUT2D eigenvalue weighted by Gasteiger charge is -2.09. The molecule has 0 bridgehead atoms. The van der Waals surface area contributed by atoms with Crippen molar-refractivity contribution in [2.75, 3.05) is 0 Å². The van der Waals surface area contributed by atoms with Gasteiger partial charge in [-0.25, -0.2) is 15.0 Å². The van der Waals surface area contributed by atoms with E-state index in [2.05, 4.69) is 217 Å². The quantitative estimate of drug-likeness (QED) is 0.152. The molecule has 0 unspecified atom stereocenters. The second-order valence-electron chi connectivity index (χ2n) is 19.1. The van der Waals surface area contributed by atoms with Crippen LogP contribution in [0.1, 0.15) is 0 Å². The Morgan fingerprint density at radius 3 is 1.39 bits per heavy atom. The molecule has 0 N–H and O–H groups in total. The van der Waals surface area contributed by atoms with Crippen molar-refractivity contribution in [3.63, 3.8) is 0 Å². The summed E-state index contributed by atoms with van der Waals surface area (Å²) in [6.07, 6.45) is 0. The second kappa shape index (κ2) is 17.3. The van der Waals surface area contributed by atoms with E-state index < -0.39 is 0 Å². The van der Waals surface area contributed by atoms with Gasteiger partial charge in [0.15, 0.2) is 23.1 Å². The highest BCUT2D eigenvalue weighted by Crippen LogP contribution is 2.42. The van der Waals surface area contributed by atoms with Gasteiger partial charge in [-0.2, -0.15) is 0 Å². The molecule has 0 spiro atoms. The number of nitrogens with zero attached hydrogens (tertiary/aromatic N) is 4. The molecule has 0 aliphatic rings. The van der Waals surface area contributed by atoms with Gasteiger partial charge < -0.3 is 13.4 Å². The number of aromatic nitrogens is 4. The Kier molecular flexibility index (Phi) is 9.78. The minimum absolute atomic E-state index is 0.578. The van der Waals surface area contributed by atoms with E-state index in [1.807, 2.05) is 42.5 Å². The lowest BCUT2D eigenvalue weighted by molar-refractivity contribution is 0.666. The smallest absolute Gasteiger partial charge is 0.164 e. The van der Waals surface area contributed by atoms with Crippen molar-refractivity contribution < 1.29 is 8.83 Å². The molecule has 0 fully saturated rings. The molecule has 4 heterocycles. The third kappa shape index (κ3) is 7.30. The maximum absolute atomic E-state index is 6.81. The van der Waals surface area contributed by atoms with Gasteiger partial charge in [0.2, 0.25) is 0 Å². The van der Waals surface area contributed by atoms with Gasteiger partial charge in [0.25, 0.3) is 0 Å². The fourth-order valence-corrected chi connectivity index (χ4v) is 10.9. The standard InChI is InChI=1S/C69H42N4O2/c1-4-14-43(15-5-1)45-26-28-47(29-27-45)68-70-67(46-18-8-3-9-19-46)71-69(72-68)53-30-34-55-58-40-51(32-36-63(58)74-65(55)42-53)48-20-12-21-49(38-48)52-33-37-64-59(41-52)56-23-13-25-62(66(56)75-64)73-60-24-11-10-22-54(60)57-39-50(31-35-61(57)73)44-16-6-2-7-17-44/h1-42H. The van der Waals surface area contributed by atoms with Crippen molar-refractivity contribution >= 4 is 65.7 Å². The third-order valence-electron chi connectivity index (χ3n) is 14.7. The summed E-state index contributed by atoms with van der Waals surface area (Å²) in [4.78, 5) is 15.0. The predicted molar refractivity (Wildman–Crippen MR) is 307 cm³/mol. The van der Waals surface area contributed by atoms with Gasteiger partial charge in [-0.1, -0.05) is 188 Å². The van der Waals surface area contributed by atoms with Crippen molar-refractivity contribution in [2.45, 2.75) is 0 Å². The lowest BCUT2D eigenvalue weighted by Crippen LogP contribution is -2.00. The van der Waals surface area contributed by atoms with Crippen LogP contribution in [0.25, 0.3) is 150 Å². The van der Waals surface area contributed by atoms with Crippen LogP contribution in [0.15, 0.2) is 264 Å². The number of fused-ring (bicyclic) bond motifs is 9. The van der Waals surface area contributed by atoms with Crippen molar-refractivity contribution in [2.24, 2.45) is 0 Å². The zero-order valence-corrected chi connectivity index (χ0v) is 40.4. The number of benzene rings is 11. The highest BCUT2D eigenvalue weighted by molar-refractivity contribution is 6.14. The number of hydrogen-bond acceptors (Lipinski definition) is 5. The van der Waals surface area contributed by atoms with Gasteiger partial charge >= 0.3 is 0 Å². The van der Waals surface area contributed by atoms with Crippen LogP contribution in [0.3, 0.4) is 0 Å². The van der Waals surface area contributed by atoms with E-state index in [1.54, 1.807) is 0 Å². The van der Waals surface area contributed by atoms with E-state index in [9.17, 15) is 0 Å². The predicted octanol–water partition coefficient (Wildman–Crippen LogP) is 18.4. The van der Waals surface area contributed by atoms with E-state index in [-0.39, 0.29) is 0 Å². The average molecular weight is 959 g/mol. The first-order chi connectivity index (χ1) is 37.1. The maximum Gasteiger partial charge on any atom is 0.164 e. The molecule has 75 heavy (non-hydrogen) atoms. The van der Waals surface area contributed by atoms with Gasteiger partial charge in [0, 0.05) is 49.0 Å². The maximum atomic E-state index is 6.81. The Morgan fingerprint density at radius 2 is 0.680 bits per heavy atom. The Labute approximate surface area is 431 Å².